The number of anilines is 2. The lowest BCUT2D eigenvalue weighted by Crippen LogP contribution is -2.28. The number of nitrogens with zero attached hydrogens (tertiary/aromatic N) is 4. The third kappa shape index (κ3) is 5.37. The van der Waals surface area contributed by atoms with Crippen LogP contribution in [0.4, 0.5) is 20.4 Å². The smallest absolute Gasteiger partial charge is 0.255 e. The summed E-state index contributed by atoms with van der Waals surface area (Å²) >= 11 is 1.55. The molecule has 194 valence electrons. The molecule has 0 aliphatic carbocycles. The second kappa shape index (κ2) is 10.8. The van der Waals surface area contributed by atoms with Crippen LogP contribution in [-0.4, -0.2) is 20.9 Å². The maximum absolute atomic E-state index is 14.2. The Labute approximate surface area is 226 Å². The van der Waals surface area contributed by atoms with Crippen molar-refractivity contribution in [3.05, 3.63) is 100 Å². The number of rotatable bonds is 7. The maximum atomic E-state index is 14.2. The van der Waals surface area contributed by atoms with E-state index in [2.05, 4.69) is 25.6 Å². The summed E-state index contributed by atoms with van der Waals surface area (Å²) in [7, 11) is 0. The van der Waals surface area contributed by atoms with Crippen LogP contribution in [0.15, 0.2) is 67.1 Å². The van der Waals surface area contributed by atoms with Crippen molar-refractivity contribution < 1.29 is 13.6 Å². The number of nitrogen functional groups attached to an aromatic ring is 1. The van der Waals surface area contributed by atoms with Gasteiger partial charge in [-0.1, -0.05) is 18.2 Å². The molecule has 8 nitrogen and oxygen atoms in total. The number of thiophene rings is 1. The van der Waals surface area contributed by atoms with Gasteiger partial charge in [-0.25, -0.2) is 23.7 Å². The van der Waals surface area contributed by atoms with Crippen LogP contribution in [0.2, 0.25) is 0 Å². The molecule has 0 aliphatic heterocycles. The number of fused-ring (bicyclic) bond motifs is 1. The van der Waals surface area contributed by atoms with Gasteiger partial charge in [-0.15, -0.1) is 11.3 Å². The summed E-state index contributed by atoms with van der Waals surface area (Å²) in [5.41, 5.74) is 8.04. The Bertz CT molecular complexity index is 1750. The summed E-state index contributed by atoms with van der Waals surface area (Å²) in [5.74, 6) is -1.94. The number of nitrogens with one attached hydrogen (secondary N) is 2. The number of pyridine rings is 1. The quantitative estimate of drug-likeness (QED) is 0.245. The molecule has 3 aromatic heterocycles. The van der Waals surface area contributed by atoms with Crippen molar-refractivity contribution in [2.24, 2.45) is 0 Å². The van der Waals surface area contributed by atoms with Gasteiger partial charge in [0.2, 0.25) is 0 Å². The van der Waals surface area contributed by atoms with Gasteiger partial charge in [-0.2, -0.15) is 5.26 Å². The third-order valence-corrected chi connectivity index (χ3v) is 7.23. The fourth-order valence-electron chi connectivity index (χ4n) is 4.08. The number of amides is 1. The number of hydrogen-bond donors (Lipinski definition) is 3. The van der Waals surface area contributed by atoms with Crippen molar-refractivity contribution >= 4 is 39.8 Å². The third-order valence-electron chi connectivity index (χ3n) is 6.10. The summed E-state index contributed by atoms with van der Waals surface area (Å²) in [6, 6.07) is 16.1. The minimum atomic E-state index is -1.03. The van der Waals surface area contributed by atoms with Crippen molar-refractivity contribution in [3.8, 4) is 16.5 Å². The highest BCUT2D eigenvalue weighted by molar-refractivity contribution is 7.15. The summed E-state index contributed by atoms with van der Waals surface area (Å²) < 4.78 is 27.9. The highest BCUT2D eigenvalue weighted by Gasteiger charge is 2.20. The minimum Gasteiger partial charge on any atom is -0.383 e. The zero-order valence-electron chi connectivity index (χ0n) is 20.6. The van der Waals surface area contributed by atoms with Crippen molar-refractivity contribution in [3.63, 3.8) is 0 Å². The fourth-order valence-corrected chi connectivity index (χ4v) is 5.02. The molecule has 1 atom stereocenters. The Morgan fingerprint density at radius 3 is 2.79 bits per heavy atom. The molecule has 1 amide bonds. The number of nitriles is 1. The first-order valence-corrected chi connectivity index (χ1v) is 12.6. The average molecular weight is 542 g/mol. The van der Waals surface area contributed by atoms with Gasteiger partial charge >= 0.3 is 0 Å². The fraction of sp³-hybridized carbons (Fsp3) is 0.107. The number of aromatic nitrogens is 3. The van der Waals surface area contributed by atoms with Crippen molar-refractivity contribution in [2.75, 3.05) is 11.1 Å². The SMILES string of the molecule is C[C@H](NC(=O)c1cc(C#N)cnc1NCc1ccc(-c2ccc3ncnc(N)c3c2)s1)c1cccc(F)c1F. The van der Waals surface area contributed by atoms with Crippen LogP contribution in [0.5, 0.6) is 0 Å². The summed E-state index contributed by atoms with van der Waals surface area (Å²) in [4.78, 5) is 27.6. The van der Waals surface area contributed by atoms with Crippen LogP contribution < -0.4 is 16.4 Å². The zero-order valence-corrected chi connectivity index (χ0v) is 21.4. The monoisotopic (exact) mass is 541 g/mol. The molecule has 4 N–H and O–H groups in total. The Kier molecular flexibility index (Phi) is 7.12. The Hall–Kier alpha value is -4.95. The lowest BCUT2D eigenvalue weighted by molar-refractivity contribution is 0.0939. The molecule has 5 rings (SSSR count). The molecule has 0 fully saturated rings. The second-order valence-electron chi connectivity index (χ2n) is 8.68. The number of carbonyl (C=O) groups is 1. The van der Waals surface area contributed by atoms with E-state index in [4.69, 9.17) is 5.73 Å². The van der Waals surface area contributed by atoms with Gasteiger partial charge in [0.15, 0.2) is 11.6 Å². The minimum absolute atomic E-state index is 0.00961. The largest absolute Gasteiger partial charge is 0.383 e. The van der Waals surface area contributed by atoms with Crippen LogP contribution in [0, 0.1) is 23.0 Å². The van der Waals surface area contributed by atoms with Crippen molar-refractivity contribution in [1.82, 2.24) is 20.3 Å². The van der Waals surface area contributed by atoms with Crippen molar-refractivity contribution in [2.45, 2.75) is 19.5 Å². The van der Waals surface area contributed by atoms with E-state index in [-0.39, 0.29) is 22.5 Å². The van der Waals surface area contributed by atoms with Crippen LogP contribution in [0.25, 0.3) is 21.3 Å². The molecule has 0 radical (unpaired) electrons. The van der Waals surface area contributed by atoms with Gasteiger partial charge in [0.05, 0.1) is 29.2 Å². The molecule has 5 aromatic rings. The highest BCUT2D eigenvalue weighted by Crippen LogP contribution is 2.32. The average Bonchev–Trinajstić information content (AvgIpc) is 3.42. The van der Waals surface area contributed by atoms with Crippen molar-refractivity contribution in [1.29, 1.82) is 5.26 Å². The molecule has 0 spiro atoms. The molecular formula is C28H21F2N7OS. The van der Waals surface area contributed by atoms with E-state index in [0.717, 1.165) is 32.3 Å². The number of halogens is 2. The number of hydrogen-bond acceptors (Lipinski definition) is 8. The number of nitrogens with two attached hydrogens (primary N) is 1. The molecule has 0 aliphatic rings. The zero-order chi connectivity index (χ0) is 27.5. The van der Waals surface area contributed by atoms with Crippen LogP contribution in [-0.2, 0) is 6.54 Å². The molecule has 0 saturated heterocycles. The first kappa shape index (κ1) is 25.7. The molecule has 2 aromatic carbocycles. The lowest BCUT2D eigenvalue weighted by atomic mass is 10.1. The predicted molar refractivity (Wildman–Crippen MR) is 146 cm³/mol. The van der Waals surface area contributed by atoms with E-state index in [1.54, 1.807) is 18.3 Å². The predicted octanol–water partition coefficient (Wildman–Crippen LogP) is 5.59. The first-order chi connectivity index (χ1) is 18.8. The highest BCUT2D eigenvalue weighted by atomic mass is 32.1. The van der Waals surface area contributed by atoms with Gasteiger partial charge in [0.25, 0.3) is 5.91 Å². The topological polar surface area (TPSA) is 130 Å². The van der Waals surface area contributed by atoms with Gasteiger partial charge in [0.1, 0.15) is 24.0 Å². The Morgan fingerprint density at radius 1 is 1.13 bits per heavy atom. The Morgan fingerprint density at radius 2 is 1.97 bits per heavy atom. The van der Waals surface area contributed by atoms with Crippen LogP contribution in [0.1, 0.15) is 39.3 Å². The molecule has 3 heterocycles. The van der Waals surface area contributed by atoms with Gasteiger partial charge < -0.3 is 16.4 Å². The summed E-state index contributed by atoms with van der Waals surface area (Å²) in [5, 5.41) is 15.9. The summed E-state index contributed by atoms with van der Waals surface area (Å²) in [6.45, 7) is 1.90. The number of carbonyl (C=O) groups excluding carboxylic acids is 1. The van der Waals surface area contributed by atoms with E-state index >= 15 is 0 Å². The molecule has 11 heteroatoms. The second-order valence-corrected chi connectivity index (χ2v) is 9.85. The normalized spacial score (nSPS) is 11.6. The van der Waals surface area contributed by atoms with E-state index in [1.807, 2.05) is 36.4 Å². The number of benzene rings is 2. The van der Waals surface area contributed by atoms with E-state index in [0.29, 0.717) is 12.4 Å². The van der Waals surface area contributed by atoms with Gasteiger partial charge in [-0.05, 0) is 48.9 Å². The molecule has 0 bridgehead atoms. The van der Waals surface area contributed by atoms with Gasteiger partial charge in [-0.3, -0.25) is 4.79 Å². The Balaban J connectivity index is 1.34. The van der Waals surface area contributed by atoms with E-state index in [1.165, 1.54) is 30.7 Å². The molecule has 0 saturated carbocycles. The van der Waals surface area contributed by atoms with E-state index in [9.17, 15) is 18.8 Å². The van der Waals surface area contributed by atoms with E-state index < -0.39 is 23.6 Å². The first-order valence-electron chi connectivity index (χ1n) is 11.8. The van der Waals surface area contributed by atoms with Gasteiger partial charge in [0, 0.05) is 26.9 Å². The molecule has 39 heavy (non-hydrogen) atoms. The maximum Gasteiger partial charge on any atom is 0.255 e. The lowest BCUT2D eigenvalue weighted by Gasteiger charge is -2.17. The summed E-state index contributed by atoms with van der Waals surface area (Å²) in [6.07, 6.45) is 2.79. The molecule has 0 unspecified atom stereocenters. The standard InChI is InChI=1S/C28H21F2N7OS/c1-15(19-3-2-4-22(29)25(19)30)37-28(38)21-9-16(11-31)12-33-27(21)34-13-18-6-8-24(39-18)17-5-7-23-20(10-17)26(32)36-14-35-23/h2-10,12,14-15H,13H2,1H3,(H,33,34)(H,37,38)(H2,32,35,36)/t15-/m0/s1. The van der Waals surface area contributed by atoms with Crippen LogP contribution >= 0.6 is 11.3 Å². The molecular weight excluding hydrogens is 520 g/mol. The van der Waals surface area contributed by atoms with Crippen LogP contribution in [0.3, 0.4) is 0 Å².